The molecule has 1 aromatic carbocycles. The summed E-state index contributed by atoms with van der Waals surface area (Å²) in [6.07, 6.45) is 4.80. The first-order valence-electron chi connectivity index (χ1n) is 11.9. The molecule has 1 aromatic rings. The Hall–Kier alpha value is -2.72. The summed E-state index contributed by atoms with van der Waals surface area (Å²) in [4.78, 5) is 41.5. The molecule has 9 nitrogen and oxygen atoms in total. The van der Waals surface area contributed by atoms with E-state index in [-0.39, 0.29) is 16.7 Å². The van der Waals surface area contributed by atoms with E-state index in [0.717, 1.165) is 4.90 Å². The molecule has 10 heteroatoms. The molecule has 1 N–H and O–H groups in total. The van der Waals surface area contributed by atoms with Crippen LogP contribution < -0.4 is 10.2 Å². The van der Waals surface area contributed by atoms with Gasteiger partial charge in [0.1, 0.15) is 6.54 Å². The maximum Gasteiger partial charge on any atom is 0.244 e. The lowest BCUT2D eigenvalue weighted by atomic mass is 9.85. The number of benzene rings is 1. The van der Waals surface area contributed by atoms with Crippen molar-refractivity contribution in [1.82, 2.24) is 9.21 Å². The maximum absolute atomic E-state index is 13.1. The second kappa shape index (κ2) is 10.7. The lowest BCUT2D eigenvalue weighted by Gasteiger charge is -2.26. The Morgan fingerprint density at radius 2 is 1.53 bits per heavy atom. The lowest BCUT2D eigenvalue weighted by molar-refractivity contribution is -0.142. The number of hydrogen-bond donors (Lipinski definition) is 1. The van der Waals surface area contributed by atoms with Crippen molar-refractivity contribution in [1.29, 1.82) is 0 Å². The van der Waals surface area contributed by atoms with Crippen LogP contribution in [0.3, 0.4) is 0 Å². The van der Waals surface area contributed by atoms with Crippen LogP contribution >= 0.6 is 0 Å². The lowest BCUT2D eigenvalue weighted by Crippen LogP contribution is -2.38. The standard InChI is InChI=1S/C24H34N4O5S/c1-5-26(6-2)21-14-13-17(34(32,33)27(7-3)8-4)15-20(21)25-22(29)16-28-23(30)18-11-9-10-12-19(18)24(28)31/h9-10,13-15,18-19H,5-8,11-12,16H2,1-4H3,(H,25,29). The molecule has 3 rings (SSSR count). The van der Waals surface area contributed by atoms with Gasteiger partial charge in [0.2, 0.25) is 27.7 Å². The van der Waals surface area contributed by atoms with Gasteiger partial charge in [-0.3, -0.25) is 19.3 Å². The fourth-order valence-electron chi connectivity index (χ4n) is 4.69. The number of carbonyl (C=O) groups is 3. The Labute approximate surface area is 201 Å². The van der Waals surface area contributed by atoms with Crippen LogP contribution in [0.2, 0.25) is 0 Å². The number of imide groups is 1. The Morgan fingerprint density at radius 1 is 0.971 bits per heavy atom. The van der Waals surface area contributed by atoms with Crippen molar-refractivity contribution >= 4 is 39.1 Å². The van der Waals surface area contributed by atoms with E-state index in [1.165, 1.54) is 10.4 Å². The summed E-state index contributed by atoms with van der Waals surface area (Å²) in [7, 11) is -3.73. The highest BCUT2D eigenvalue weighted by Gasteiger charge is 2.47. The van der Waals surface area contributed by atoms with Crippen molar-refractivity contribution in [3.63, 3.8) is 0 Å². The van der Waals surface area contributed by atoms with Crippen molar-refractivity contribution in [3.8, 4) is 0 Å². The minimum atomic E-state index is -3.73. The summed E-state index contributed by atoms with van der Waals surface area (Å²) in [5.74, 6) is -2.00. The van der Waals surface area contributed by atoms with Gasteiger partial charge >= 0.3 is 0 Å². The number of likely N-dealkylation sites (tertiary alicyclic amines) is 1. The summed E-state index contributed by atoms with van der Waals surface area (Å²) < 4.78 is 27.5. The average molecular weight is 491 g/mol. The third-order valence-electron chi connectivity index (χ3n) is 6.59. The first-order chi connectivity index (χ1) is 16.2. The Morgan fingerprint density at radius 3 is 2.03 bits per heavy atom. The van der Waals surface area contributed by atoms with Gasteiger partial charge in [0.25, 0.3) is 0 Å². The molecule has 2 aliphatic rings. The quantitative estimate of drug-likeness (QED) is 0.399. The van der Waals surface area contributed by atoms with Crippen LogP contribution in [0.4, 0.5) is 11.4 Å². The second-order valence-electron chi connectivity index (χ2n) is 8.41. The minimum absolute atomic E-state index is 0.0767. The molecule has 1 fully saturated rings. The topological polar surface area (TPSA) is 107 Å². The van der Waals surface area contributed by atoms with E-state index in [2.05, 4.69) is 5.32 Å². The Kier molecular flexibility index (Phi) is 8.14. The molecule has 0 spiro atoms. The highest BCUT2D eigenvalue weighted by atomic mass is 32.2. The van der Waals surface area contributed by atoms with Crippen molar-refractivity contribution in [2.45, 2.75) is 45.4 Å². The molecule has 0 aromatic heterocycles. The largest absolute Gasteiger partial charge is 0.370 e. The number of fused-ring (bicyclic) bond motifs is 1. The Bertz CT molecular complexity index is 1050. The van der Waals surface area contributed by atoms with Gasteiger partial charge in [0, 0.05) is 26.2 Å². The number of anilines is 2. The number of nitrogens with zero attached hydrogens (tertiary/aromatic N) is 3. The van der Waals surface area contributed by atoms with Crippen molar-refractivity contribution in [2.24, 2.45) is 11.8 Å². The van der Waals surface area contributed by atoms with Crippen molar-refractivity contribution in [3.05, 3.63) is 30.4 Å². The SMILES string of the molecule is CCN(CC)c1ccc(S(=O)(=O)N(CC)CC)cc1NC(=O)CN1C(=O)C2CC=CCC2C1=O. The predicted molar refractivity (Wildman–Crippen MR) is 131 cm³/mol. The molecule has 1 aliphatic carbocycles. The van der Waals surface area contributed by atoms with Crippen LogP contribution in [0.25, 0.3) is 0 Å². The van der Waals surface area contributed by atoms with E-state index in [1.54, 1.807) is 26.0 Å². The van der Waals surface area contributed by atoms with Gasteiger partial charge in [-0.1, -0.05) is 26.0 Å². The fraction of sp³-hybridized carbons (Fsp3) is 0.542. The smallest absolute Gasteiger partial charge is 0.244 e. The predicted octanol–water partition coefficient (Wildman–Crippen LogP) is 2.45. The van der Waals surface area contributed by atoms with Gasteiger partial charge in [0.05, 0.1) is 28.1 Å². The summed E-state index contributed by atoms with van der Waals surface area (Å²) in [5, 5.41) is 2.77. The van der Waals surface area contributed by atoms with E-state index >= 15 is 0 Å². The zero-order valence-electron chi connectivity index (χ0n) is 20.3. The van der Waals surface area contributed by atoms with Gasteiger partial charge < -0.3 is 10.2 Å². The van der Waals surface area contributed by atoms with Crippen LogP contribution in [-0.2, 0) is 24.4 Å². The normalized spacial score (nSPS) is 20.1. The summed E-state index contributed by atoms with van der Waals surface area (Å²) in [6.45, 7) is 9.04. The highest BCUT2D eigenvalue weighted by Crippen LogP contribution is 2.35. The zero-order chi connectivity index (χ0) is 25.0. The molecule has 1 heterocycles. The van der Waals surface area contributed by atoms with Gasteiger partial charge in [-0.05, 0) is 44.9 Å². The Balaban J connectivity index is 1.88. The van der Waals surface area contributed by atoms with Crippen molar-refractivity contribution in [2.75, 3.05) is 42.9 Å². The number of sulfonamides is 1. The molecule has 3 amide bonds. The van der Waals surface area contributed by atoms with E-state index in [4.69, 9.17) is 0 Å². The number of nitrogens with one attached hydrogen (secondary N) is 1. The van der Waals surface area contributed by atoms with Gasteiger partial charge in [-0.25, -0.2) is 8.42 Å². The molecular weight excluding hydrogens is 456 g/mol. The average Bonchev–Trinajstić information content (AvgIpc) is 3.06. The molecular formula is C24H34N4O5S. The van der Waals surface area contributed by atoms with E-state index in [9.17, 15) is 22.8 Å². The third kappa shape index (κ3) is 4.88. The summed E-state index contributed by atoms with van der Waals surface area (Å²) >= 11 is 0. The highest BCUT2D eigenvalue weighted by molar-refractivity contribution is 7.89. The molecule has 186 valence electrons. The van der Waals surface area contributed by atoms with Crippen LogP contribution in [0.1, 0.15) is 40.5 Å². The number of amides is 3. The van der Waals surface area contributed by atoms with Crippen LogP contribution in [0.15, 0.2) is 35.2 Å². The van der Waals surface area contributed by atoms with Crippen LogP contribution in [0.5, 0.6) is 0 Å². The molecule has 2 atom stereocenters. The molecule has 34 heavy (non-hydrogen) atoms. The second-order valence-corrected chi connectivity index (χ2v) is 10.3. The fourth-order valence-corrected chi connectivity index (χ4v) is 6.17. The first kappa shape index (κ1) is 25.9. The van der Waals surface area contributed by atoms with Crippen LogP contribution in [0, 0.1) is 11.8 Å². The molecule has 2 unspecified atom stereocenters. The summed E-state index contributed by atoms with van der Waals surface area (Å²) in [5.41, 5.74) is 1.01. The number of carbonyl (C=O) groups excluding carboxylic acids is 3. The zero-order valence-corrected chi connectivity index (χ0v) is 21.1. The first-order valence-corrected chi connectivity index (χ1v) is 13.3. The van der Waals surface area contributed by atoms with Gasteiger partial charge in [-0.2, -0.15) is 4.31 Å². The molecule has 0 bridgehead atoms. The van der Waals surface area contributed by atoms with E-state index in [0.29, 0.717) is 50.4 Å². The summed E-state index contributed by atoms with van der Waals surface area (Å²) in [6, 6.07) is 4.68. The third-order valence-corrected chi connectivity index (χ3v) is 8.64. The van der Waals surface area contributed by atoms with Gasteiger partial charge in [-0.15, -0.1) is 0 Å². The molecule has 1 saturated heterocycles. The van der Waals surface area contributed by atoms with E-state index < -0.39 is 34.3 Å². The molecule has 0 radical (unpaired) electrons. The maximum atomic E-state index is 13.1. The number of hydrogen-bond acceptors (Lipinski definition) is 6. The monoisotopic (exact) mass is 490 g/mol. The molecule has 1 aliphatic heterocycles. The number of rotatable bonds is 10. The number of allylic oxidation sites excluding steroid dienone is 2. The van der Waals surface area contributed by atoms with Crippen LogP contribution in [-0.4, -0.2) is 68.1 Å². The van der Waals surface area contributed by atoms with Gasteiger partial charge in [0.15, 0.2) is 0 Å². The molecule has 0 saturated carbocycles. The minimum Gasteiger partial charge on any atom is -0.370 e. The van der Waals surface area contributed by atoms with E-state index in [1.807, 2.05) is 30.9 Å². The van der Waals surface area contributed by atoms with Crippen molar-refractivity contribution < 1.29 is 22.8 Å².